The van der Waals surface area contributed by atoms with Crippen LogP contribution in [0, 0.1) is 6.92 Å². The molecule has 7 nitrogen and oxygen atoms in total. The summed E-state index contributed by atoms with van der Waals surface area (Å²) in [6.45, 7) is 5.64. The van der Waals surface area contributed by atoms with E-state index in [-0.39, 0.29) is 6.03 Å². The summed E-state index contributed by atoms with van der Waals surface area (Å²) in [5.74, 6) is 0.952. The summed E-state index contributed by atoms with van der Waals surface area (Å²) in [6, 6.07) is 19.4. The lowest BCUT2D eigenvalue weighted by Crippen LogP contribution is -2.49. The van der Waals surface area contributed by atoms with E-state index in [0.717, 1.165) is 41.5 Å². The standard InChI is InChI=1S/C25H25ClN6O/c1-18-4-2-5-21(16-18)32-23(29-22-6-3-11-27-24(22)32)17-30-12-14-31(15-13-30)25(33)28-20-9-7-19(26)8-10-20/h2-11,16H,12-15,17H2,1H3,(H,28,33). The van der Waals surface area contributed by atoms with Gasteiger partial charge in [0.25, 0.3) is 0 Å². The van der Waals surface area contributed by atoms with E-state index in [1.807, 2.05) is 17.0 Å². The molecule has 4 aromatic rings. The molecule has 8 heteroatoms. The number of carbonyl (C=O) groups is 1. The first-order valence-corrected chi connectivity index (χ1v) is 11.4. The number of nitrogens with one attached hydrogen (secondary N) is 1. The summed E-state index contributed by atoms with van der Waals surface area (Å²) in [5.41, 5.74) is 4.74. The SMILES string of the molecule is Cc1cccc(-n2c(CN3CCN(C(=O)Nc4ccc(Cl)cc4)CC3)nc3cccnc32)c1. The Balaban J connectivity index is 1.29. The van der Waals surface area contributed by atoms with Gasteiger partial charge in [-0.15, -0.1) is 0 Å². The Labute approximate surface area is 197 Å². The van der Waals surface area contributed by atoms with Gasteiger partial charge in [0.05, 0.1) is 6.54 Å². The second-order valence-corrected chi connectivity index (χ2v) is 8.69. The lowest BCUT2D eigenvalue weighted by atomic mass is 10.2. The third-order valence-corrected chi connectivity index (χ3v) is 6.12. The van der Waals surface area contributed by atoms with E-state index in [1.165, 1.54) is 5.56 Å². The summed E-state index contributed by atoms with van der Waals surface area (Å²) in [5, 5.41) is 3.59. The molecule has 0 atom stereocenters. The Hall–Kier alpha value is -3.42. The molecule has 1 aliphatic rings. The Kier molecular flexibility index (Phi) is 5.98. The average Bonchev–Trinajstić information content (AvgIpc) is 3.19. The maximum atomic E-state index is 12.6. The second kappa shape index (κ2) is 9.21. The minimum Gasteiger partial charge on any atom is -0.322 e. The Morgan fingerprint density at radius 2 is 1.82 bits per heavy atom. The number of pyridine rings is 1. The smallest absolute Gasteiger partial charge is 0.321 e. The predicted molar refractivity (Wildman–Crippen MR) is 131 cm³/mol. The largest absolute Gasteiger partial charge is 0.322 e. The molecule has 1 fully saturated rings. The highest BCUT2D eigenvalue weighted by molar-refractivity contribution is 6.30. The van der Waals surface area contributed by atoms with E-state index in [2.05, 4.69) is 51.0 Å². The van der Waals surface area contributed by atoms with Crippen molar-refractivity contribution in [3.05, 3.63) is 83.3 Å². The third kappa shape index (κ3) is 4.69. The molecular weight excluding hydrogens is 436 g/mol. The minimum absolute atomic E-state index is 0.0897. The number of hydrogen-bond acceptors (Lipinski definition) is 4. The molecule has 0 aliphatic carbocycles. The van der Waals surface area contributed by atoms with Crippen molar-refractivity contribution >= 4 is 34.5 Å². The van der Waals surface area contributed by atoms with Crippen LogP contribution in [0.25, 0.3) is 16.9 Å². The lowest BCUT2D eigenvalue weighted by molar-refractivity contribution is 0.140. The van der Waals surface area contributed by atoms with Crippen LogP contribution in [0.5, 0.6) is 0 Å². The Morgan fingerprint density at radius 3 is 2.58 bits per heavy atom. The molecular formula is C25H25ClN6O. The van der Waals surface area contributed by atoms with Crippen LogP contribution in [0.3, 0.4) is 0 Å². The first-order valence-electron chi connectivity index (χ1n) is 11.0. The fraction of sp³-hybridized carbons (Fsp3) is 0.240. The van der Waals surface area contributed by atoms with Gasteiger partial charge in [0.2, 0.25) is 0 Å². The maximum Gasteiger partial charge on any atom is 0.321 e. The van der Waals surface area contributed by atoms with Crippen molar-refractivity contribution < 1.29 is 4.79 Å². The molecule has 0 saturated carbocycles. The highest BCUT2D eigenvalue weighted by atomic mass is 35.5. The summed E-state index contributed by atoms with van der Waals surface area (Å²) in [7, 11) is 0. The number of aromatic nitrogens is 3. The number of urea groups is 1. The van der Waals surface area contributed by atoms with Crippen LogP contribution in [0.15, 0.2) is 66.9 Å². The van der Waals surface area contributed by atoms with Crippen molar-refractivity contribution in [2.75, 3.05) is 31.5 Å². The molecule has 0 spiro atoms. The number of aryl methyl sites for hydroxylation is 1. The van der Waals surface area contributed by atoms with E-state index in [0.29, 0.717) is 24.7 Å². The quantitative estimate of drug-likeness (QED) is 0.478. The number of amides is 2. The zero-order valence-corrected chi connectivity index (χ0v) is 19.2. The second-order valence-electron chi connectivity index (χ2n) is 8.25. The molecule has 2 amide bonds. The molecule has 3 heterocycles. The molecule has 0 unspecified atom stereocenters. The molecule has 0 radical (unpaired) electrons. The zero-order chi connectivity index (χ0) is 22.8. The monoisotopic (exact) mass is 460 g/mol. The number of hydrogen-bond donors (Lipinski definition) is 1. The van der Waals surface area contributed by atoms with Crippen molar-refractivity contribution in [2.24, 2.45) is 0 Å². The van der Waals surface area contributed by atoms with E-state index in [4.69, 9.17) is 16.6 Å². The lowest BCUT2D eigenvalue weighted by Gasteiger charge is -2.34. The molecule has 0 bridgehead atoms. The van der Waals surface area contributed by atoms with Gasteiger partial charge in [0.1, 0.15) is 11.3 Å². The van der Waals surface area contributed by atoms with Gasteiger partial charge in [-0.25, -0.2) is 14.8 Å². The van der Waals surface area contributed by atoms with Crippen molar-refractivity contribution in [3.63, 3.8) is 0 Å². The Bertz CT molecular complexity index is 1280. The number of halogens is 1. The van der Waals surface area contributed by atoms with Gasteiger partial charge in [-0.05, 0) is 61.0 Å². The van der Waals surface area contributed by atoms with Crippen LogP contribution >= 0.6 is 11.6 Å². The van der Waals surface area contributed by atoms with E-state index in [1.54, 1.807) is 30.5 Å². The molecule has 2 aromatic carbocycles. The summed E-state index contributed by atoms with van der Waals surface area (Å²) >= 11 is 5.92. The number of benzene rings is 2. The van der Waals surface area contributed by atoms with Gasteiger partial charge in [-0.2, -0.15) is 0 Å². The first-order chi connectivity index (χ1) is 16.1. The number of fused-ring (bicyclic) bond motifs is 1. The summed E-state index contributed by atoms with van der Waals surface area (Å²) < 4.78 is 2.14. The van der Waals surface area contributed by atoms with E-state index in [9.17, 15) is 4.79 Å². The topological polar surface area (TPSA) is 66.3 Å². The normalized spacial score (nSPS) is 14.5. The van der Waals surface area contributed by atoms with Crippen LogP contribution in [0.1, 0.15) is 11.4 Å². The molecule has 5 rings (SSSR count). The molecule has 168 valence electrons. The molecule has 1 N–H and O–H groups in total. The van der Waals surface area contributed by atoms with Crippen molar-refractivity contribution in [3.8, 4) is 5.69 Å². The fourth-order valence-corrected chi connectivity index (χ4v) is 4.27. The van der Waals surface area contributed by atoms with Gasteiger partial charge >= 0.3 is 6.03 Å². The van der Waals surface area contributed by atoms with Crippen LogP contribution in [0.4, 0.5) is 10.5 Å². The highest BCUT2D eigenvalue weighted by Gasteiger charge is 2.23. The van der Waals surface area contributed by atoms with Crippen LogP contribution in [-0.4, -0.2) is 56.5 Å². The summed E-state index contributed by atoms with van der Waals surface area (Å²) in [6.07, 6.45) is 1.80. The molecule has 1 saturated heterocycles. The van der Waals surface area contributed by atoms with Crippen molar-refractivity contribution in [2.45, 2.75) is 13.5 Å². The number of nitrogens with zero attached hydrogens (tertiary/aromatic N) is 5. The highest BCUT2D eigenvalue weighted by Crippen LogP contribution is 2.22. The fourth-order valence-electron chi connectivity index (χ4n) is 4.15. The minimum atomic E-state index is -0.0897. The van der Waals surface area contributed by atoms with Gasteiger partial charge in [0, 0.05) is 48.8 Å². The van der Waals surface area contributed by atoms with Crippen molar-refractivity contribution in [1.82, 2.24) is 24.3 Å². The maximum absolute atomic E-state index is 12.6. The number of carbonyl (C=O) groups excluding carboxylic acids is 1. The van der Waals surface area contributed by atoms with Gasteiger partial charge in [-0.1, -0.05) is 23.7 Å². The number of anilines is 1. The van der Waals surface area contributed by atoms with Crippen LogP contribution in [0.2, 0.25) is 5.02 Å². The van der Waals surface area contributed by atoms with Gasteiger partial charge in [0.15, 0.2) is 5.65 Å². The van der Waals surface area contributed by atoms with Crippen LogP contribution in [-0.2, 0) is 6.54 Å². The first kappa shape index (κ1) is 21.4. The number of imidazole rings is 1. The predicted octanol–water partition coefficient (Wildman–Crippen LogP) is 4.73. The summed E-state index contributed by atoms with van der Waals surface area (Å²) in [4.78, 5) is 26.3. The van der Waals surface area contributed by atoms with Gasteiger partial charge in [-0.3, -0.25) is 9.47 Å². The molecule has 1 aliphatic heterocycles. The average molecular weight is 461 g/mol. The number of rotatable bonds is 4. The zero-order valence-electron chi connectivity index (χ0n) is 18.4. The third-order valence-electron chi connectivity index (χ3n) is 5.87. The Morgan fingerprint density at radius 1 is 1.03 bits per heavy atom. The van der Waals surface area contributed by atoms with Crippen LogP contribution < -0.4 is 5.32 Å². The molecule has 33 heavy (non-hydrogen) atoms. The van der Waals surface area contributed by atoms with E-state index < -0.39 is 0 Å². The van der Waals surface area contributed by atoms with E-state index >= 15 is 0 Å². The van der Waals surface area contributed by atoms with Gasteiger partial charge < -0.3 is 10.2 Å². The van der Waals surface area contributed by atoms with Crippen molar-refractivity contribution in [1.29, 1.82) is 0 Å². The number of piperazine rings is 1. The molecule has 2 aromatic heterocycles.